The Balaban J connectivity index is 1.72. The van der Waals surface area contributed by atoms with Crippen LogP contribution >= 0.6 is 22.9 Å². The molecule has 33 heavy (non-hydrogen) atoms. The number of hydrogen-bond acceptors (Lipinski definition) is 8. The van der Waals surface area contributed by atoms with Crippen molar-refractivity contribution in [2.75, 3.05) is 31.2 Å². The number of carbonyl (C=O) groups excluding carboxylic acids is 2. The third kappa shape index (κ3) is 6.61. The Hall–Kier alpha value is -2.31. The maximum Gasteiger partial charge on any atom is 0.350 e. The molecule has 0 bridgehead atoms. The van der Waals surface area contributed by atoms with Crippen molar-refractivity contribution >= 4 is 39.9 Å². The summed E-state index contributed by atoms with van der Waals surface area (Å²) in [5, 5.41) is 3.59. The van der Waals surface area contributed by atoms with Gasteiger partial charge in [-0.15, -0.1) is 0 Å². The summed E-state index contributed by atoms with van der Waals surface area (Å²) in [4.78, 5) is 38.0. The fourth-order valence-electron chi connectivity index (χ4n) is 3.35. The molecule has 9 nitrogen and oxygen atoms in total. The molecule has 0 radical (unpaired) electrons. The number of rotatable bonds is 9. The number of anilines is 1. The van der Waals surface area contributed by atoms with Gasteiger partial charge in [-0.3, -0.25) is 4.79 Å². The number of thiazole rings is 1. The summed E-state index contributed by atoms with van der Waals surface area (Å²) in [6.07, 6.45) is 1.68. The van der Waals surface area contributed by atoms with Gasteiger partial charge in [0.05, 0.1) is 30.6 Å². The molecule has 1 saturated heterocycles. The summed E-state index contributed by atoms with van der Waals surface area (Å²) >= 11 is 7.17. The zero-order valence-electron chi connectivity index (χ0n) is 18.5. The van der Waals surface area contributed by atoms with Crippen molar-refractivity contribution in [3.05, 3.63) is 27.7 Å². The van der Waals surface area contributed by atoms with Gasteiger partial charge in [0.1, 0.15) is 11.5 Å². The highest BCUT2D eigenvalue weighted by atomic mass is 35.5. The molecule has 0 unspecified atom stereocenters. The first-order valence-corrected chi connectivity index (χ1v) is 11.7. The number of amides is 1. The highest BCUT2D eigenvalue weighted by Gasteiger charge is 2.35. The average molecular weight is 506 g/mol. The van der Waals surface area contributed by atoms with E-state index in [0.29, 0.717) is 35.1 Å². The second-order valence-electron chi connectivity index (χ2n) is 7.67. The van der Waals surface area contributed by atoms with Crippen LogP contribution in [0.15, 0.2) is 6.20 Å². The maximum atomic E-state index is 13.5. The first-order valence-electron chi connectivity index (χ1n) is 10.5. The summed E-state index contributed by atoms with van der Waals surface area (Å²) in [7, 11) is 0. The van der Waals surface area contributed by atoms with Crippen LogP contribution in [0.5, 0.6) is 0 Å². The molecule has 0 saturated carbocycles. The van der Waals surface area contributed by atoms with Gasteiger partial charge in [0, 0.05) is 20.0 Å². The number of piperidine rings is 1. The van der Waals surface area contributed by atoms with E-state index in [9.17, 15) is 18.4 Å². The van der Waals surface area contributed by atoms with Crippen molar-refractivity contribution in [2.24, 2.45) is 0 Å². The molecular weight excluding hydrogens is 480 g/mol. The maximum absolute atomic E-state index is 13.5. The predicted molar refractivity (Wildman–Crippen MR) is 119 cm³/mol. The van der Waals surface area contributed by atoms with E-state index in [1.807, 2.05) is 11.8 Å². The fourth-order valence-corrected chi connectivity index (χ4v) is 4.46. The number of H-pyrrole nitrogens is 1. The summed E-state index contributed by atoms with van der Waals surface area (Å²) in [6, 6.07) is -0.533. The minimum atomic E-state index is -3.03. The van der Waals surface area contributed by atoms with E-state index in [1.54, 1.807) is 6.92 Å². The van der Waals surface area contributed by atoms with E-state index in [1.165, 1.54) is 6.20 Å². The van der Waals surface area contributed by atoms with Crippen molar-refractivity contribution in [3.8, 4) is 0 Å². The Morgan fingerprint density at radius 3 is 2.82 bits per heavy atom. The van der Waals surface area contributed by atoms with Gasteiger partial charge < -0.3 is 24.7 Å². The predicted octanol–water partition coefficient (Wildman–Crippen LogP) is 3.31. The third-order valence-corrected chi connectivity index (χ3v) is 6.31. The average Bonchev–Trinajstić information content (AvgIpc) is 3.39. The molecule has 1 fully saturated rings. The van der Waals surface area contributed by atoms with E-state index in [4.69, 9.17) is 21.1 Å². The molecule has 1 amide bonds. The smallest absolute Gasteiger partial charge is 0.350 e. The van der Waals surface area contributed by atoms with E-state index in [-0.39, 0.29) is 24.1 Å². The Morgan fingerprint density at radius 1 is 1.42 bits per heavy atom. The first kappa shape index (κ1) is 25.3. The lowest BCUT2D eigenvalue weighted by Gasteiger charge is -2.38. The van der Waals surface area contributed by atoms with Gasteiger partial charge in [-0.1, -0.05) is 29.9 Å². The minimum absolute atomic E-state index is 0.0536. The molecule has 0 aromatic carbocycles. The Bertz CT molecular complexity index is 980. The lowest BCUT2D eigenvalue weighted by molar-refractivity contribution is -0.0947. The van der Waals surface area contributed by atoms with Crippen LogP contribution in [0, 0.1) is 0 Å². The Morgan fingerprint density at radius 2 is 2.18 bits per heavy atom. The second-order valence-corrected chi connectivity index (χ2v) is 9.04. The van der Waals surface area contributed by atoms with Gasteiger partial charge in [0.2, 0.25) is 0 Å². The van der Waals surface area contributed by atoms with Gasteiger partial charge in [0.15, 0.2) is 16.1 Å². The van der Waals surface area contributed by atoms with Crippen LogP contribution in [0.25, 0.3) is 0 Å². The summed E-state index contributed by atoms with van der Waals surface area (Å²) in [6.45, 7) is 4.49. The molecule has 0 spiro atoms. The quantitative estimate of drug-likeness (QED) is 0.503. The molecule has 1 aliphatic rings. The van der Waals surface area contributed by atoms with Gasteiger partial charge in [0.25, 0.3) is 11.8 Å². The Labute approximate surface area is 198 Å². The molecule has 1 aliphatic heterocycles. The van der Waals surface area contributed by atoms with Crippen LogP contribution in [0.4, 0.5) is 13.9 Å². The largest absolute Gasteiger partial charge is 0.462 e. The van der Waals surface area contributed by atoms with E-state index >= 15 is 0 Å². The molecule has 2 aromatic heterocycles. The van der Waals surface area contributed by atoms with Crippen molar-refractivity contribution in [1.29, 1.82) is 0 Å². The van der Waals surface area contributed by atoms with Crippen LogP contribution in [0.3, 0.4) is 0 Å². The number of aromatic amines is 1. The monoisotopic (exact) mass is 505 g/mol. The standard InChI is InChI=1S/C20H26ClF2N5O4S/c1-4-11-15(21)27-16(25-11)17(29)26-12-6-7-28(9-13(12)32-10-20(3,22)23)19-24-8-14(33-19)18(30)31-5-2/h8,12-13H,4-7,9-10H2,1-3H3,(H,25,27)(H,26,29)/t12-,13+/m0/s1. The minimum Gasteiger partial charge on any atom is -0.462 e. The summed E-state index contributed by atoms with van der Waals surface area (Å²) in [5.41, 5.74) is 0.635. The normalized spacial score (nSPS) is 18.9. The van der Waals surface area contributed by atoms with Crippen molar-refractivity contribution < 1.29 is 27.8 Å². The fraction of sp³-hybridized carbons (Fsp3) is 0.600. The lowest BCUT2D eigenvalue weighted by atomic mass is 10.0. The third-order valence-electron chi connectivity index (χ3n) is 4.96. The molecule has 3 heterocycles. The van der Waals surface area contributed by atoms with Crippen molar-refractivity contribution in [1.82, 2.24) is 20.3 Å². The van der Waals surface area contributed by atoms with Crippen LogP contribution in [0.1, 0.15) is 53.2 Å². The summed E-state index contributed by atoms with van der Waals surface area (Å²) in [5.74, 6) is -3.94. The molecule has 0 aliphatic carbocycles. The van der Waals surface area contributed by atoms with Crippen LogP contribution < -0.4 is 10.2 Å². The molecule has 2 N–H and O–H groups in total. The molecule has 13 heteroatoms. The number of nitrogens with zero attached hydrogens (tertiary/aromatic N) is 3. The van der Waals surface area contributed by atoms with Gasteiger partial charge in [-0.25, -0.2) is 23.5 Å². The molecule has 2 aromatic rings. The number of imidazole rings is 1. The number of aromatic nitrogens is 3. The van der Waals surface area contributed by atoms with Gasteiger partial charge in [-0.2, -0.15) is 0 Å². The zero-order valence-corrected chi connectivity index (χ0v) is 20.1. The number of carbonyl (C=O) groups is 2. The highest BCUT2D eigenvalue weighted by molar-refractivity contribution is 7.17. The summed E-state index contributed by atoms with van der Waals surface area (Å²) < 4.78 is 37.5. The second kappa shape index (κ2) is 10.7. The first-order chi connectivity index (χ1) is 15.6. The zero-order chi connectivity index (χ0) is 24.2. The number of halogens is 3. The Kier molecular flexibility index (Phi) is 8.24. The highest BCUT2D eigenvalue weighted by Crippen LogP contribution is 2.28. The van der Waals surface area contributed by atoms with Crippen LogP contribution in [-0.4, -0.2) is 71.2 Å². The number of ether oxygens (including phenoxy) is 2. The molecule has 3 rings (SSSR count). The van der Waals surface area contributed by atoms with Crippen LogP contribution in [0.2, 0.25) is 5.15 Å². The van der Waals surface area contributed by atoms with Crippen LogP contribution in [-0.2, 0) is 15.9 Å². The van der Waals surface area contributed by atoms with Crippen molar-refractivity contribution in [3.63, 3.8) is 0 Å². The van der Waals surface area contributed by atoms with E-state index in [0.717, 1.165) is 18.3 Å². The number of aryl methyl sites for hydroxylation is 1. The molecule has 182 valence electrons. The van der Waals surface area contributed by atoms with E-state index < -0.39 is 36.6 Å². The number of hydrogen-bond donors (Lipinski definition) is 2. The van der Waals surface area contributed by atoms with Gasteiger partial charge >= 0.3 is 5.97 Å². The topological polar surface area (TPSA) is 109 Å². The molecular formula is C20H26ClF2N5O4S. The lowest BCUT2D eigenvalue weighted by Crippen LogP contribution is -2.56. The SMILES string of the molecule is CCOC(=O)c1cnc(N2CC[C@H](NC(=O)c3nc(Cl)c(CC)[nH]3)[C@H](OCC(C)(F)F)C2)s1. The number of alkyl halides is 2. The van der Waals surface area contributed by atoms with Gasteiger partial charge in [-0.05, 0) is 19.8 Å². The van der Waals surface area contributed by atoms with Crippen molar-refractivity contribution in [2.45, 2.75) is 51.7 Å². The van der Waals surface area contributed by atoms with E-state index in [2.05, 4.69) is 20.3 Å². The number of esters is 1. The molecule has 2 atom stereocenters. The number of nitrogens with one attached hydrogen (secondary N) is 2.